The van der Waals surface area contributed by atoms with Crippen molar-refractivity contribution in [2.24, 2.45) is 5.10 Å². The summed E-state index contributed by atoms with van der Waals surface area (Å²) in [6.07, 6.45) is 3.58. The zero-order valence-electron chi connectivity index (χ0n) is 8.58. The second-order valence-corrected chi connectivity index (χ2v) is 3.30. The first kappa shape index (κ1) is 11.5. The number of nitrogens with zero attached hydrogens (tertiary/aromatic N) is 1. The van der Waals surface area contributed by atoms with Gasteiger partial charge in [-0.15, -0.1) is 6.58 Å². The van der Waals surface area contributed by atoms with E-state index in [1.165, 1.54) is 0 Å². The third-order valence-corrected chi connectivity index (χ3v) is 1.96. The van der Waals surface area contributed by atoms with Gasteiger partial charge in [0.2, 0.25) is 0 Å². The summed E-state index contributed by atoms with van der Waals surface area (Å²) in [5.74, 6) is 0. The van der Waals surface area contributed by atoms with E-state index in [1.54, 1.807) is 6.08 Å². The Labute approximate surface area is 94.5 Å². The van der Waals surface area contributed by atoms with Gasteiger partial charge in [-0.1, -0.05) is 6.08 Å². The third kappa shape index (κ3) is 3.95. The van der Waals surface area contributed by atoms with Gasteiger partial charge in [-0.3, -0.25) is 5.43 Å². The number of hydrogen-bond donors (Lipinski definition) is 3. The van der Waals surface area contributed by atoms with E-state index in [-0.39, 0.29) is 0 Å². The maximum Gasteiger partial charge on any atom is 0.187 e. The van der Waals surface area contributed by atoms with Crippen molar-refractivity contribution in [3.05, 3.63) is 36.7 Å². The van der Waals surface area contributed by atoms with Gasteiger partial charge in [0.1, 0.15) is 0 Å². The molecule has 1 aromatic rings. The van der Waals surface area contributed by atoms with Crippen LogP contribution >= 0.6 is 12.2 Å². The van der Waals surface area contributed by atoms with Gasteiger partial charge in [-0.2, -0.15) is 5.10 Å². The van der Waals surface area contributed by atoms with Crippen LogP contribution in [0, 0.1) is 0 Å². The number of H-pyrrole nitrogens is 1. The van der Waals surface area contributed by atoms with Gasteiger partial charge in [0, 0.05) is 12.7 Å². The van der Waals surface area contributed by atoms with Crippen molar-refractivity contribution in [3.63, 3.8) is 0 Å². The Bertz CT molecular complexity index is 354. The maximum absolute atomic E-state index is 4.98. The van der Waals surface area contributed by atoms with Crippen LogP contribution in [-0.4, -0.2) is 22.4 Å². The van der Waals surface area contributed by atoms with Crippen molar-refractivity contribution in [3.8, 4) is 0 Å². The predicted molar refractivity (Wildman–Crippen MR) is 66.9 cm³/mol. The quantitative estimate of drug-likeness (QED) is 0.312. The molecule has 3 N–H and O–H groups in total. The van der Waals surface area contributed by atoms with Crippen LogP contribution in [0.4, 0.5) is 0 Å². The van der Waals surface area contributed by atoms with Gasteiger partial charge in [0.05, 0.1) is 11.4 Å². The van der Waals surface area contributed by atoms with Crippen molar-refractivity contribution >= 4 is 23.0 Å². The van der Waals surface area contributed by atoms with Crippen molar-refractivity contribution in [2.45, 2.75) is 6.92 Å². The fraction of sp³-hybridized carbons (Fsp3) is 0.200. The normalized spacial score (nSPS) is 10.9. The Balaban J connectivity index is 2.44. The van der Waals surface area contributed by atoms with E-state index >= 15 is 0 Å². The molecule has 0 fully saturated rings. The molecule has 0 radical (unpaired) electrons. The standard InChI is InChI=1S/C10H14N4S/c1-3-6-12-10(15)14-13-8(2)9-5-4-7-11-9/h3-5,7,11H,1,6H2,2H3,(H2,12,14,15). The molecule has 0 aliphatic heterocycles. The van der Waals surface area contributed by atoms with Crippen LogP contribution in [0.25, 0.3) is 0 Å². The summed E-state index contributed by atoms with van der Waals surface area (Å²) >= 11 is 4.98. The summed E-state index contributed by atoms with van der Waals surface area (Å²) in [6.45, 7) is 6.10. The number of rotatable bonds is 4. The molecule has 15 heavy (non-hydrogen) atoms. The van der Waals surface area contributed by atoms with Crippen molar-refractivity contribution in [1.29, 1.82) is 0 Å². The molecule has 0 aliphatic carbocycles. The molecular formula is C10H14N4S. The van der Waals surface area contributed by atoms with Crippen molar-refractivity contribution in [1.82, 2.24) is 15.7 Å². The molecule has 1 aromatic heterocycles. The van der Waals surface area contributed by atoms with E-state index in [9.17, 15) is 0 Å². The number of hydrogen-bond acceptors (Lipinski definition) is 2. The molecule has 0 atom stereocenters. The van der Waals surface area contributed by atoms with E-state index in [0.717, 1.165) is 11.4 Å². The molecule has 4 nitrogen and oxygen atoms in total. The molecule has 80 valence electrons. The number of nitrogens with one attached hydrogen (secondary N) is 3. The lowest BCUT2D eigenvalue weighted by atomic mass is 10.3. The Kier molecular flexibility index (Phi) is 4.56. The summed E-state index contributed by atoms with van der Waals surface area (Å²) in [5, 5.41) is 7.52. The number of thiocarbonyl (C=S) groups is 1. The Hall–Kier alpha value is -1.62. The lowest BCUT2D eigenvalue weighted by molar-refractivity contribution is 0.935. The van der Waals surface area contributed by atoms with E-state index in [1.807, 2.05) is 25.3 Å². The minimum absolute atomic E-state index is 0.487. The highest BCUT2D eigenvalue weighted by molar-refractivity contribution is 7.80. The summed E-state index contributed by atoms with van der Waals surface area (Å²) in [6, 6.07) is 3.86. The van der Waals surface area contributed by atoms with Crippen LogP contribution in [0.5, 0.6) is 0 Å². The number of aromatic amines is 1. The molecule has 0 amide bonds. The van der Waals surface area contributed by atoms with Crippen LogP contribution in [0.2, 0.25) is 0 Å². The molecule has 1 rings (SSSR count). The molecule has 0 unspecified atom stereocenters. The van der Waals surface area contributed by atoms with E-state index < -0.39 is 0 Å². The zero-order valence-corrected chi connectivity index (χ0v) is 9.40. The Morgan fingerprint density at radius 1 is 1.73 bits per heavy atom. The minimum atomic E-state index is 0.487. The Morgan fingerprint density at radius 2 is 2.53 bits per heavy atom. The summed E-state index contributed by atoms with van der Waals surface area (Å²) in [7, 11) is 0. The van der Waals surface area contributed by atoms with Crippen LogP contribution < -0.4 is 10.7 Å². The first-order valence-corrected chi connectivity index (χ1v) is 4.97. The van der Waals surface area contributed by atoms with Crippen molar-refractivity contribution in [2.75, 3.05) is 6.54 Å². The molecule has 0 saturated carbocycles. The van der Waals surface area contributed by atoms with E-state index in [0.29, 0.717) is 11.7 Å². The molecule has 0 aliphatic rings. The average Bonchev–Trinajstić information content (AvgIpc) is 2.76. The summed E-state index contributed by atoms with van der Waals surface area (Å²) < 4.78 is 0. The highest BCUT2D eigenvalue weighted by Crippen LogP contribution is 1.95. The van der Waals surface area contributed by atoms with Crippen molar-refractivity contribution < 1.29 is 0 Å². The highest BCUT2D eigenvalue weighted by atomic mass is 32.1. The Morgan fingerprint density at radius 3 is 3.13 bits per heavy atom. The van der Waals surface area contributed by atoms with Crippen LogP contribution in [0.3, 0.4) is 0 Å². The smallest absolute Gasteiger partial charge is 0.187 e. The SMILES string of the molecule is C=CCNC(=S)NN=C(C)c1ccc[nH]1. The maximum atomic E-state index is 4.98. The largest absolute Gasteiger partial charge is 0.360 e. The second kappa shape index (κ2) is 5.98. The molecule has 0 spiro atoms. The molecular weight excluding hydrogens is 208 g/mol. The molecule has 0 saturated heterocycles. The van der Waals surface area contributed by atoms with Gasteiger partial charge >= 0.3 is 0 Å². The van der Waals surface area contributed by atoms with E-state index in [4.69, 9.17) is 12.2 Å². The number of hydrazone groups is 1. The van der Waals surface area contributed by atoms with Gasteiger partial charge < -0.3 is 10.3 Å². The fourth-order valence-electron chi connectivity index (χ4n) is 0.955. The van der Waals surface area contributed by atoms with Crippen LogP contribution in [0.15, 0.2) is 36.1 Å². The lowest BCUT2D eigenvalue weighted by Crippen LogP contribution is -2.32. The highest BCUT2D eigenvalue weighted by Gasteiger charge is 1.97. The van der Waals surface area contributed by atoms with Gasteiger partial charge in [0.25, 0.3) is 0 Å². The third-order valence-electron chi connectivity index (χ3n) is 1.72. The second-order valence-electron chi connectivity index (χ2n) is 2.89. The summed E-state index contributed by atoms with van der Waals surface area (Å²) in [5.41, 5.74) is 4.56. The van der Waals surface area contributed by atoms with E-state index in [2.05, 4.69) is 27.4 Å². The molecule has 0 aromatic carbocycles. The lowest BCUT2D eigenvalue weighted by Gasteiger charge is -2.04. The first-order valence-electron chi connectivity index (χ1n) is 4.57. The predicted octanol–water partition coefficient (Wildman–Crippen LogP) is 1.39. The van der Waals surface area contributed by atoms with Gasteiger partial charge in [-0.05, 0) is 31.3 Å². The molecule has 5 heteroatoms. The fourth-order valence-corrected chi connectivity index (χ4v) is 1.08. The van der Waals surface area contributed by atoms with Gasteiger partial charge in [-0.25, -0.2) is 0 Å². The van der Waals surface area contributed by atoms with Crippen LogP contribution in [0.1, 0.15) is 12.6 Å². The number of aromatic nitrogens is 1. The van der Waals surface area contributed by atoms with Crippen LogP contribution in [-0.2, 0) is 0 Å². The minimum Gasteiger partial charge on any atom is -0.360 e. The average molecular weight is 222 g/mol. The topological polar surface area (TPSA) is 52.2 Å². The van der Waals surface area contributed by atoms with Gasteiger partial charge in [0.15, 0.2) is 5.11 Å². The zero-order chi connectivity index (χ0) is 11.1. The molecule has 1 heterocycles. The first-order chi connectivity index (χ1) is 7.24. The molecule has 0 bridgehead atoms. The monoisotopic (exact) mass is 222 g/mol. The summed E-state index contributed by atoms with van der Waals surface area (Å²) in [4.78, 5) is 3.05.